The lowest BCUT2D eigenvalue weighted by molar-refractivity contribution is 0.238. The standard InChI is InChI=1S/C14H19N3/c1-3-14(2)5-8-17(9-6-14)13-4-7-16-12(10-13)11-15/h4,7,10H,3,5-6,8-9H2,1-2H3. The third-order valence-electron chi connectivity index (χ3n) is 4.05. The summed E-state index contributed by atoms with van der Waals surface area (Å²) in [7, 11) is 0. The maximum Gasteiger partial charge on any atom is 0.142 e. The van der Waals surface area contributed by atoms with Crippen molar-refractivity contribution in [2.75, 3.05) is 18.0 Å². The maximum absolute atomic E-state index is 8.85. The highest BCUT2D eigenvalue weighted by Gasteiger charge is 2.28. The van der Waals surface area contributed by atoms with Crippen LogP contribution in [0.4, 0.5) is 5.69 Å². The lowest BCUT2D eigenvalue weighted by Crippen LogP contribution is -2.38. The lowest BCUT2D eigenvalue weighted by Gasteiger charge is -2.40. The van der Waals surface area contributed by atoms with Gasteiger partial charge in [0, 0.05) is 25.0 Å². The Balaban J connectivity index is 2.08. The van der Waals surface area contributed by atoms with Crippen LogP contribution in [0, 0.1) is 16.7 Å². The normalized spacial score (nSPS) is 18.8. The zero-order valence-corrected chi connectivity index (χ0v) is 10.6. The van der Waals surface area contributed by atoms with E-state index in [1.54, 1.807) is 6.20 Å². The van der Waals surface area contributed by atoms with E-state index in [2.05, 4.69) is 29.8 Å². The summed E-state index contributed by atoms with van der Waals surface area (Å²) in [5, 5.41) is 8.85. The Bertz CT molecular complexity index is 425. The first-order valence-electron chi connectivity index (χ1n) is 6.28. The van der Waals surface area contributed by atoms with Crippen molar-refractivity contribution in [3.8, 4) is 6.07 Å². The van der Waals surface area contributed by atoms with Crippen LogP contribution >= 0.6 is 0 Å². The quantitative estimate of drug-likeness (QED) is 0.782. The van der Waals surface area contributed by atoms with Gasteiger partial charge in [-0.05, 0) is 30.4 Å². The number of nitrogens with zero attached hydrogens (tertiary/aromatic N) is 3. The minimum absolute atomic E-state index is 0.502. The van der Waals surface area contributed by atoms with Gasteiger partial charge < -0.3 is 4.90 Å². The molecule has 0 spiro atoms. The van der Waals surface area contributed by atoms with E-state index >= 15 is 0 Å². The van der Waals surface area contributed by atoms with Crippen LogP contribution in [0.15, 0.2) is 18.3 Å². The molecule has 0 unspecified atom stereocenters. The largest absolute Gasteiger partial charge is 0.371 e. The molecule has 0 atom stereocenters. The van der Waals surface area contributed by atoms with Crippen molar-refractivity contribution in [3.05, 3.63) is 24.0 Å². The molecular formula is C14H19N3. The first-order valence-corrected chi connectivity index (χ1v) is 6.28. The highest BCUT2D eigenvalue weighted by atomic mass is 15.1. The Morgan fingerprint density at radius 1 is 1.47 bits per heavy atom. The van der Waals surface area contributed by atoms with Crippen molar-refractivity contribution in [2.45, 2.75) is 33.1 Å². The van der Waals surface area contributed by atoms with E-state index in [-0.39, 0.29) is 0 Å². The van der Waals surface area contributed by atoms with Crippen LogP contribution < -0.4 is 4.90 Å². The van der Waals surface area contributed by atoms with Crippen LogP contribution in [0.25, 0.3) is 0 Å². The minimum Gasteiger partial charge on any atom is -0.371 e. The summed E-state index contributed by atoms with van der Waals surface area (Å²) in [4.78, 5) is 6.37. The van der Waals surface area contributed by atoms with Crippen molar-refractivity contribution >= 4 is 5.69 Å². The fourth-order valence-corrected chi connectivity index (χ4v) is 2.34. The van der Waals surface area contributed by atoms with Gasteiger partial charge in [0.2, 0.25) is 0 Å². The fraction of sp³-hybridized carbons (Fsp3) is 0.571. The van der Waals surface area contributed by atoms with Gasteiger partial charge in [-0.2, -0.15) is 5.26 Å². The highest BCUT2D eigenvalue weighted by Crippen LogP contribution is 2.35. The molecule has 0 amide bonds. The van der Waals surface area contributed by atoms with Crippen LogP contribution in [0.5, 0.6) is 0 Å². The molecule has 1 fully saturated rings. The van der Waals surface area contributed by atoms with Crippen molar-refractivity contribution < 1.29 is 0 Å². The lowest BCUT2D eigenvalue weighted by atomic mass is 9.78. The number of anilines is 1. The number of nitriles is 1. The van der Waals surface area contributed by atoms with E-state index < -0.39 is 0 Å². The van der Waals surface area contributed by atoms with Gasteiger partial charge in [0.15, 0.2) is 0 Å². The Morgan fingerprint density at radius 2 is 2.18 bits per heavy atom. The van der Waals surface area contributed by atoms with E-state index in [0.29, 0.717) is 11.1 Å². The molecule has 0 bridgehead atoms. The van der Waals surface area contributed by atoms with Crippen molar-refractivity contribution in [2.24, 2.45) is 5.41 Å². The molecule has 1 saturated heterocycles. The zero-order chi connectivity index (χ0) is 12.3. The van der Waals surface area contributed by atoms with Gasteiger partial charge in [0.1, 0.15) is 11.8 Å². The Hall–Kier alpha value is -1.56. The molecule has 0 N–H and O–H groups in total. The Morgan fingerprint density at radius 3 is 2.76 bits per heavy atom. The van der Waals surface area contributed by atoms with Gasteiger partial charge >= 0.3 is 0 Å². The zero-order valence-electron chi connectivity index (χ0n) is 10.6. The molecule has 0 radical (unpaired) electrons. The smallest absolute Gasteiger partial charge is 0.142 e. The molecule has 3 heteroatoms. The van der Waals surface area contributed by atoms with Crippen LogP contribution in [-0.4, -0.2) is 18.1 Å². The molecule has 1 aromatic rings. The number of aromatic nitrogens is 1. The van der Waals surface area contributed by atoms with E-state index in [4.69, 9.17) is 5.26 Å². The average Bonchev–Trinajstić information content (AvgIpc) is 2.40. The number of hydrogen-bond acceptors (Lipinski definition) is 3. The predicted octanol–water partition coefficient (Wildman–Crippen LogP) is 2.97. The molecular weight excluding hydrogens is 210 g/mol. The first kappa shape index (κ1) is 11.9. The number of piperidine rings is 1. The summed E-state index contributed by atoms with van der Waals surface area (Å²) < 4.78 is 0. The molecule has 1 aliphatic heterocycles. The SMILES string of the molecule is CCC1(C)CCN(c2ccnc(C#N)c2)CC1. The van der Waals surface area contributed by atoms with Crippen molar-refractivity contribution in [1.82, 2.24) is 4.98 Å². The fourth-order valence-electron chi connectivity index (χ4n) is 2.34. The Labute approximate surface area is 103 Å². The van der Waals surface area contributed by atoms with Crippen molar-refractivity contribution in [1.29, 1.82) is 5.26 Å². The third-order valence-corrected chi connectivity index (χ3v) is 4.05. The van der Waals surface area contributed by atoms with Crippen LogP contribution in [0.1, 0.15) is 38.8 Å². The van der Waals surface area contributed by atoms with Gasteiger partial charge in [-0.1, -0.05) is 20.3 Å². The average molecular weight is 229 g/mol. The summed E-state index contributed by atoms with van der Waals surface area (Å²) in [6.07, 6.45) is 5.43. The van der Waals surface area contributed by atoms with E-state index in [9.17, 15) is 0 Å². The molecule has 0 saturated carbocycles. The van der Waals surface area contributed by atoms with E-state index in [1.807, 2.05) is 12.1 Å². The topological polar surface area (TPSA) is 39.9 Å². The summed E-state index contributed by atoms with van der Waals surface area (Å²) in [5.41, 5.74) is 2.14. The number of rotatable bonds is 2. The molecule has 2 heterocycles. The molecule has 1 aromatic heterocycles. The highest BCUT2D eigenvalue weighted by molar-refractivity contribution is 5.49. The van der Waals surface area contributed by atoms with E-state index in [1.165, 1.54) is 19.3 Å². The second-order valence-corrected chi connectivity index (χ2v) is 5.16. The van der Waals surface area contributed by atoms with Gasteiger partial charge in [-0.15, -0.1) is 0 Å². The molecule has 0 aromatic carbocycles. The molecule has 17 heavy (non-hydrogen) atoms. The number of pyridine rings is 1. The summed E-state index contributed by atoms with van der Waals surface area (Å²) >= 11 is 0. The first-order chi connectivity index (χ1) is 8.17. The molecule has 1 aliphatic rings. The van der Waals surface area contributed by atoms with Crippen LogP contribution in [-0.2, 0) is 0 Å². The minimum atomic E-state index is 0.502. The molecule has 3 nitrogen and oxygen atoms in total. The Kier molecular flexibility index (Phi) is 3.33. The predicted molar refractivity (Wildman–Crippen MR) is 68.8 cm³/mol. The van der Waals surface area contributed by atoms with Crippen molar-refractivity contribution in [3.63, 3.8) is 0 Å². The van der Waals surface area contributed by atoms with Gasteiger partial charge in [-0.25, -0.2) is 4.98 Å². The maximum atomic E-state index is 8.85. The summed E-state index contributed by atoms with van der Waals surface area (Å²) in [5.74, 6) is 0. The summed E-state index contributed by atoms with van der Waals surface area (Å²) in [6.45, 7) is 6.81. The molecule has 2 rings (SSSR count). The second-order valence-electron chi connectivity index (χ2n) is 5.16. The molecule has 0 aliphatic carbocycles. The van der Waals surface area contributed by atoms with Gasteiger partial charge in [-0.3, -0.25) is 0 Å². The van der Waals surface area contributed by atoms with Gasteiger partial charge in [0.05, 0.1) is 0 Å². The second kappa shape index (κ2) is 4.75. The molecule has 90 valence electrons. The summed E-state index contributed by atoms with van der Waals surface area (Å²) in [6, 6.07) is 5.98. The number of hydrogen-bond donors (Lipinski definition) is 0. The van der Waals surface area contributed by atoms with Crippen LogP contribution in [0.2, 0.25) is 0 Å². The van der Waals surface area contributed by atoms with Crippen LogP contribution in [0.3, 0.4) is 0 Å². The monoisotopic (exact) mass is 229 g/mol. The van der Waals surface area contributed by atoms with Gasteiger partial charge in [0.25, 0.3) is 0 Å². The third kappa shape index (κ3) is 2.58. The van der Waals surface area contributed by atoms with E-state index in [0.717, 1.165) is 18.8 Å².